The predicted octanol–water partition coefficient (Wildman–Crippen LogP) is 10.8. The van der Waals surface area contributed by atoms with Crippen LogP contribution in [0.4, 0.5) is 14.7 Å². The lowest BCUT2D eigenvalue weighted by molar-refractivity contribution is 0.234. The van der Waals surface area contributed by atoms with Gasteiger partial charge in [0.25, 0.3) is 0 Å². The normalized spacial score (nSPS) is 21.0. The molecule has 5 aromatic rings. The number of rotatable bonds is 9. The summed E-state index contributed by atoms with van der Waals surface area (Å²) in [5, 5.41) is 15.0. The maximum absolute atomic E-state index is 15.3. The first-order chi connectivity index (χ1) is 29.9. The number of piperidine rings is 1. The van der Waals surface area contributed by atoms with Crippen molar-refractivity contribution >= 4 is 28.4 Å². The first-order valence-electron chi connectivity index (χ1n) is 22.6. The second-order valence-electron chi connectivity index (χ2n) is 18.0. The van der Waals surface area contributed by atoms with E-state index in [0.717, 1.165) is 126 Å². The highest BCUT2D eigenvalue weighted by Crippen LogP contribution is 2.37. The molecule has 0 amide bonds. The Balaban J connectivity index is 0.926. The first kappa shape index (κ1) is 43.1. The highest BCUT2D eigenvalue weighted by Gasteiger charge is 2.29. The van der Waals surface area contributed by atoms with Crippen molar-refractivity contribution in [3.63, 3.8) is 0 Å². The van der Waals surface area contributed by atoms with Crippen LogP contribution < -0.4 is 16.0 Å². The Bertz CT molecular complexity index is 2480. The van der Waals surface area contributed by atoms with Crippen LogP contribution in [-0.4, -0.2) is 54.9 Å². The van der Waals surface area contributed by atoms with Crippen LogP contribution in [0.15, 0.2) is 86.4 Å². The fourth-order valence-corrected chi connectivity index (χ4v) is 9.97. The zero-order valence-electron chi connectivity index (χ0n) is 37.1. The van der Waals surface area contributed by atoms with E-state index in [9.17, 15) is 0 Å². The van der Waals surface area contributed by atoms with Crippen molar-refractivity contribution in [2.24, 2.45) is 13.0 Å². The van der Waals surface area contributed by atoms with Gasteiger partial charge in [-0.1, -0.05) is 52.1 Å². The van der Waals surface area contributed by atoms with E-state index < -0.39 is 17.6 Å². The average molecular weight is 840 g/mol. The standard InChI is InChI=1S/C51H63F2N9/c1-9-36-12-10-11-13-48-43(29-55-61(48)8)47-27-39(24-32(3)57-47)33(4)58-51-59-46-21-15-38(28-49(46)62(51)30-36)35(6)60(7)41-18-16-40(17-19-41)54-23-22-37-25-44(52)50(45(53)26-37)42-20-14-31(2)56-34(42)5/h15,21,24-29,36,40-42,54,56H,2,4-6,9-14,16-20,22-23,30H2,1,3,7-8H3,(H,58,59)/t36-,40?,41?,42+/m1/s1. The Morgan fingerprint density at radius 1 is 0.935 bits per heavy atom. The van der Waals surface area contributed by atoms with Gasteiger partial charge in [-0.15, -0.1) is 0 Å². The molecule has 2 fully saturated rings. The number of aryl methyl sites for hydroxylation is 2. The van der Waals surface area contributed by atoms with Crippen molar-refractivity contribution in [3.05, 3.63) is 132 Å². The van der Waals surface area contributed by atoms with Crippen molar-refractivity contribution in [1.29, 1.82) is 0 Å². The second kappa shape index (κ2) is 18.4. The lowest BCUT2D eigenvalue weighted by Crippen LogP contribution is -2.40. The Kier molecular flexibility index (Phi) is 12.8. The minimum Gasteiger partial charge on any atom is -0.372 e. The van der Waals surface area contributed by atoms with Gasteiger partial charge in [-0.3, -0.25) is 9.67 Å². The molecule has 2 bridgehead atoms. The summed E-state index contributed by atoms with van der Waals surface area (Å²) in [6, 6.07) is 14.4. The van der Waals surface area contributed by atoms with E-state index in [4.69, 9.17) is 9.97 Å². The van der Waals surface area contributed by atoms with Gasteiger partial charge in [0.15, 0.2) is 0 Å². The quantitative estimate of drug-likeness (QED) is 0.136. The van der Waals surface area contributed by atoms with Crippen molar-refractivity contribution < 1.29 is 8.78 Å². The molecule has 3 aliphatic rings. The number of nitrogens with zero attached hydrogens (tertiary/aromatic N) is 6. The molecule has 2 atom stereocenters. The van der Waals surface area contributed by atoms with Crippen LogP contribution in [0.3, 0.4) is 0 Å². The van der Waals surface area contributed by atoms with E-state index in [1.54, 1.807) is 0 Å². The van der Waals surface area contributed by atoms with Crippen molar-refractivity contribution in [2.75, 3.05) is 18.9 Å². The summed E-state index contributed by atoms with van der Waals surface area (Å²) in [4.78, 5) is 12.4. The summed E-state index contributed by atoms with van der Waals surface area (Å²) in [7, 11) is 4.19. The Morgan fingerprint density at radius 3 is 2.45 bits per heavy atom. The Hall–Kier alpha value is -5.55. The first-order valence-corrected chi connectivity index (χ1v) is 22.6. The highest BCUT2D eigenvalue weighted by molar-refractivity contribution is 5.85. The van der Waals surface area contributed by atoms with Crippen molar-refractivity contribution in [1.82, 2.24) is 39.8 Å². The molecule has 3 aromatic heterocycles. The monoisotopic (exact) mass is 840 g/mol. The molecule has 2 aliphatic heterocycles. The number of anilines is 1. The number of benzene rings is 2. The third-order valence-electron chi connectivity index (χ3n) is 13.8. The third-order valence-corrected chi connectivity index (χ3v) is 13.8. The molecule has 1 saturated carbocycles. The fourth-order valence-electron chi connectivity index (χ4n) is 9.97. The summed E-state index contributed by atoms with van der Waals surface area (Å²) in [6.07, 6.45) is 13.3. The number of imidazole rings is 1. The van der Waals surface area contributed by atoms with Crippen LogP contribution in [0.5, 0.6) is 0 Å². The highest BCUT2D eigenvalue weighted by atomic mass is 19.1. The number of fused-ring (bicyclic) bond motifs is 7. The molecule has 9 nitrogen and oxygen atoms in total. The number of hydrogen-bond acceptors (Lipinski definition) is 7. The van der Waals surface area contributed by atoms with Crippen molar-refractivity contribution in [2.45, 2.75) is 115 Å². The smallest absolute Gasteiger partial charge is 0.208 e. The largest absolute Gasteiger partial charge is 0.372 e. The van der Waals surface area contributed by atoms with Crippen molar-refractivity contribution in [3.8, 4) is 11.3 Å². The molecular formula is C51H63F2N9. The van der Waals surface area contributed by atoms with Gasteiger partial charge >= 0.3 is 0 Å². The summed E-state index contributed by atoms with van der Waals surface area (Å²) >= 11 is 0. The van der Waals surface area contributed by atoms with Gasteiger partial charge in [-0.05, 0) is 131 Å². The second-order valence-corrected chi connectivity index (χ2v) is 18.0. The third kappa shape index (κ3) is 9.14. The molecule has 0 spiro atoms. The van der Waals surface area contributed by atoms with E-state index in [-0.39, 0.29) is 5.56 Å². The molecule has 62 heavy (non-hydrogen) atoms. The van der Waals surface area contributed by atoms with Gasteiger partial charge in [-0.25, -0.2) is 13.8 Å². The van der Waals surface area contributed by atoms with Gasteiger partial charge in [0, 0.05) is 89.5 Å². The molecular weight excluding hydrogens is 777 g/mol. The van der Waals surface area contributed by atoms with Crippen LogP contribution in [0.25, 0.3) is 33.7 Å². The van der Waals surface area contributed by atoms with E-state index in [0.29, 0.717) is 55.1 Å². The fraction of sp³-hybridized carbons (Fsp3) is 0.431. The van der Waals surface area contributed by atoms with E-state index in [1.165, 1.54) is 17.8 Å². The van der Waals surface area contributed by atoms with E-state index in [2.05, 4.69) is 101 Å². The number of nitrogens with one attached hydrogen (secondary N) is 3. The maximum Gasteiger partial charge on any atom is 0.208 e. The topological polar surface area (TPSA) is 87.9 Å². The summed E-state index contributed by atoms with van der Waals surface area (Å²) in [6.45, 7) is 22.9. The van der Waals surface area contributed by atoms with Gasteiger partial charge < -0.3 is 25.4 Å². The molecule has 11 heteroatoms. The molecule has 326 valence electrons. The van der Waals surface area contributed by atoms with Crippen LogP contribution >= 0.6 is 0 Å². The molecule has 5 heterocycles. The van der Waals surface area contributed by atoms with Crippen LogP contribution in [0, 0.1) is 24.5 Å². The van der Waals surface area contributed by atoms with Gasteiger partial charge in [0.2, 0.25) is 5.95 Å². The van der Waals surface area contributed by atoms with E-state index >= 15 is 8.78 Å². The predicted molar refractivity (Wildman–Crippen MR) is 249 cm³/mol. The van der Waals surface area contributed by atoms with Gasteiger partial charge in [0.1, 0.15) is 11.6 Å². The Labute approximate surface area is 366 Å². The molecule has 2 aromatic carbocycles. The van der Waals surface area contributed by atoms with Crippen LogP contribution in [-0.2, 0) is 26.4 Å². The minimum atomic E-state index is -0.498. The van der Waals surface area contributed by atoms with Crippen LogP contribution in [0.2, 0.25) is 0 Å². The number of allylic oxidation sites excluding steroid dienone is 2. The lowest BCUT2D eigenvalue weighted by Gasteiger charge is -2.37. The summed E-state index contributed by atoms with van der Waals surface area (Å²) in [5.41, 5.74) is 12.2. The zero-order valence-corrected chi connectivity index (χ0v) is 37.1. The zero-order chi connectivity index (χ0) is 43.7. The molecule has 0 radical (unpaired) electrons. The number of hydrogen-bond donors (Lipinski definition) is 3. The van der Waals surface area contributed by atoms with E-state index in [1.807, 2.05) is 24.9 Å². The summed E-state index contributed by atoms with van der Waals surface area (Å²) in [5.74, 6) is -0.115. The number of pyridine rings is 1. The summed E-state index contributed by atoms with van der Waals surface area (Å²) < 4.78 is 34.9. The molecule has 8 rings (SSSR count). The van der Waals surface area contributed by atoms with Gasteiger partial charge in [0.05, 0.1) is 22.9 Å². The number of halogens is 2. The molecule has 1 aliphatic carbocycles. The molecule has 1 saturated heterocycles. The SMILES string of the molecule is C=C1CC[C@H](c2c(F)cc(CCNC3CCC(N(C)C(=C)c4ccc5nc6n(c5c4)C[C@H](CC)CCCCc4c(cnn4C)-c4cc(cc(C)n4)C(=C)N6)CC3)cc2F)C(=C)N1. The molecule has 0 unspecified atom stereocenters. The van der Waals surface area contributed by atoms with Crippen LogP contribution in [0.1, 0.15) is 111 Å². The maximum atomic E-state index is 15.3. The molecule has 3 N–H and O–H groups in total. The average Bonchev–Trinajstić information content (AvgIpc) is 3.79. The lowest BCUT2D eigenvalue weighted by atomic mass is 9.86. The Morgan fingerprint density at radius 2 is 1.71 bits per heavy atom. The minimum absolute atomic E-state index is 0.103. The van der Waals surface area contributed by atoms with Gasteiger partial charge in [-0.2, -0.15) is 5.10 Å². The number of aromatic nitrogens is 5.